The van der Waals surface area contributed by atoms with Crippen molar-refractivity contribution in [3.8, 4) is 0 Å². The van der Waals surface area contributed by atoms with E-state index in [2.05, 4.69) is 587 Å². The molecule has 0 spiro atoms. The number of benzene rings is 20. The molecule has 146 heavy (non-hydrogen) atoms. The summed E-state index contributed by atoms with van der Waals surface area (Å²) >= 11 is 0. The van der Waals surface area contributed by atoms with Crippen molar-refractivity contribution in [1.82, 2.24) is 0 Å². The van der Waals surface area contributed by atoms with Crippen molar-refractivity contribution in [3.05, 3.63) is 430 Å². The van der Waals surface area contributed by atoms with Crippen LogP contribution >= 0.6 is 0 Å². The molecule has 0 fully saturated rings. The highest BCUT2D eigenvalue weighted by molar-refractivity contribution is 6.07. The van der Waals surface area contributed by atoms with Crippen LogP contribution in [0.2, 0.25) is 0 Å². The smallest absolute Gasteiger partial charge is 0.0140 e. The second kappa shape index (κ2) is 53.2. The SMILES string of the molecule is CC(C)C.CC(C)C.CC(C)c1c2ccccc2c(C(C)C)c2ccccc12.CC(C)c1cc(C(C)C)c2ccccc2c1.CC(C)c1ccc(C(C)C)c2ccccc12.CC(C)c1ccc2c(C(C)C)cccc2c1.CC(C)c1ccc2cc3cc(C(C)C)ccc3cc2c1.CC(C)c1ccc2ccc(C(C)C)cc2c1.CC(C)c1cccc2cc3c(C(C)C)cccc3cc12.c1ccc2cc3ccccc3cc2c1. The zero-order valence-electron chi connectivity index (χ0n) is 95.7. The predicted molar refractivity (Wildman–Crippen MR) is 660 cm³/mol. The normalized spacial score (nSPS) is 11.5. The van der Waals surface area contributed by atoms with Crippen LogP contribution in [0.25, 0.3) is 129 Å². The molecule has 0 heteroatoms. The van der Waals surface area contributed by atoms with Crippen molar-refractivity contribution in [1.29, 1.82) is 0 Å². The predicted octanol–water partition coefficient (Wildman–Crippen LogP) is 46.4. The van der Waals surface area contributed by atoms with Crippen molar-refractivity contribution in [2.45, 2.75) is 318 Å². The Balaban J connectivity index is 0.000000157. The van der Waals surface area contributed by atoms with Gasteiger partial charge in [-0.3, -0.25) is 0 Å². The lowest BCUT2D eigenvalue weighted by Gasteiger charge is -2.20. The Hall–Kier alpha value is -12.5. The lowest BCUT2D eigenvalue weighted by atomic mass is 9.84. The lowest BCUT2D eigenvalue weighted by Crippen LogP contribution is -1.98. The molecule has 0 nitrogen and oxygen atoms in total. The average molecular weight is 1930 g/mol. The first-order valence-corrected chi connectivity index (χ1v) is 55.3. The van der Waals surface area contributed by atoms with Gasteiger partial charge in [-0.25, -0.2) is 0 Å². The summed E-state index contributed by atoms with van der Waals surface area (Å²) < 4.78 is 0. The molecule has 0 radical (unpaired) electrons. The molecule has 0 saturated heterocycles. The molecule has 0 unspecified atom stereocenters. The molecule has 0 bridgehead atoms. The first kappa shape index (κ1) is 114. The fourth-order valence-corrected chi connectivity index (χ4v) is 19.9. The molecule has 20 rings (SSSR count). The maximum atomic E-state index is 2.37. The van der Waals surface area contributed by atoms with E-state index in [1.807, 2.05) is 0 Å². The molecule has 0 atom stereocenters. The van der Waals surface area contributed by atoms with Gasteiger partial charge in [-0.2, -0.15) is 0 Å². The van der Waals surface area contributed by atoms with Crippen LogP contribution in [-0.4, -0.2) is 0 Å². The Kier molecular flexibility index (Phi) is 41.5. The Labute approximate surface area is 882 Å². The summed E-state index contributed by atoms with van der Waals surface area (Å²) in [5, 5.41) is 32.9. The third-order valence-corrected chi connectivity index (χ3v) is 28.0. The van der Waals surface area contributed by atoms with E-state index in [0.717, 1.165) is 11.8 Å². The maximum Gasteiger partial charge on any atom is -0.0140 e. The van der Waals surface area contributed by atoms with Gasteiger partial charge < -0.3 is 0 Å². The first-order chi connectivity index (χ1) is 69.5. The van der Waals surface area contributed by atoms with Crippen LogP contribution in [-0.2, 0) is 0 Å². The summed E-state index contributed by atoms with van der Waals surface area (Å²) in [7, 11) is 0. The molecule has 0 N–H and O–H groups in total. The summed E-state index contributed by atoms with van der Waals surface area (Å²) in [5.41, 5.74) is 20.2. The fraction of sp³-hybridized carbons (Fsp3) is 0.342. The molecule has 0 aliphatic carbocycles. The third-order valence-electron chi connectivity index (χ3n) is 28.0. The van der Waals surface area contributed by atoms with E-state index in [1.165, 1.54) is 207 Å². The molecule has 20 aromatic rings. The minimum Gasteiger partial charge on any atom is -0.0630 e. The highest BCUT2D eigenvalue weighted by Gasteiger charge is 2.20. The van der Waals surface area contributed by atoms with Crippen LogP contribution in [0.3, 0.4) is 0 Å². The van der Waals surface area contributed by atoms with E-state index < -0.39 is 0 Å². The maximum absolute atomic E-state index is 2.37. The van der Waals surface area contributed by atoms with Crippen LogP contribution in [0.1, 0.15) is 396 Å². The van der Waals surface area contributed by atoms with E-state index in [0.29, 0.717) is 82.9 Å². The number of rotatable bonds is 14. The Morgan fingerprint density at radius 1 is 0.103 bits per heavy atom. The van der Waals surface area contributed by atoms with Crippen molar-refractivity contribution in [2.24, 2.45) is 11.8 Å². The molecule has 760 valence electrons. The molecule has 20 aromatic carbocycles. The van der Waals surface area contributed by atoms with Crippen molar-refractivity contribution >= 4 is 129 Å². The summed E-state index contributed by atoms with van der Waals surface area (Å²) in [6.07, 6.45) is 0. The van der Waals surface area contributed by atoms with Crippen LogP contribution in [0.15, 0.2) is 352 Å². The van der Waals surface area contributed by atoms with E-state index in [1.54, 1.807) is 0 Å². The summed E-state index contributed by atoms with van der Waals surface area (Å²) in [5.74, 6) is 9.78. The number of fused-ring (bicyclic) bond motifs is 12. The third kappa shape index (κ3) is 29.9. The van der Waals surface area contributed by atoms with Gasteiger partial charge in [0.25, 0.3) is 0 Å². The monoisotopic (exact) mass is 1930 g/mol. The minimum atomic E-state index is 0.533. The molecule has 0 saturated carbocycles. The molecule has 0 aliphatic rings. The topological polar surface area (TPSA) is 0 Å². The van der Waals surface area contributed by atoms with Gasteiger partial charge in [0, 0.05) is 0 Å². The molecule has 0 aromatic heterocycles. The van der Waals surface area contributed by atoms with Crippen molar-refractivity contribution in [2.75, 3.05) is 0 Å². The Morgan fingerprint density at radius 2 is 0.301 bits per heavy atom. The second-order valence-electron chi connectivity index (χ2n) is 46.5. The van der Waals surface area contributed by atoms with Crippen LogP contribution in [0.4, 0.5) is 0 Å². The average Bonchev–Trinajstić information content (AvgIpc) is 0.741. The molecule has 0 aliphatic heterocycles. The molecular weight excluding hydrogens is 1750 g/mol. The second-order valence-corrected chi connectivity index (χ2v) is 46.5. The van der Waals surface area contributed by atoms with Crippen LogP contribution in [0.5, 0.6) is 0 Å². The van der Waals surface area contributed by atoms with Gasteiger partial charge in [0.2, 0.25) is 0 Å². The zero-order chi connectivity index (χ0) is 106. The van der Waals surface area contributed by atoms with E-state index in [-0.39, 0.29) is 0 Å². The van der Waals surface area contributed by atoms with Crippen molar-refractivity contribution < 1.29 is 0 Å². The minimum absolute atomic E-state index is 0.533. The summed E-state index contributed by atoms with van der Waals surface area (Å²) in [4.78, 5) is 0. The molecule has 0 amide bonds. The summed E-state index contributed by atoms with van der Waals surface area (Å²) in [6, 6.07) is 129. The van der Waals surface area contributed by atoms with Crippen LogP contribution < -0.4 is 0 Å². The van der Waals surface area contributed by atoms with Gasteiger partial charge in [-0.15, -0.1) is 0 Å². The van der Waals surface area contributed by atoms with Gasteiger partial charge in [-0.05, 0) is 338 Å². The fourth-order valence-electron chi connectivity index (χ4n) is 19.9. The van der Waals surface area contributed by atoms with E-state index in [9.17, 15) is 0 Å². The lowest BCUT2D eigenvalue weighted by molar-refractivity contribution is 0.736. The van der Waals surface area contributed by atoms with E-state index in [4.69, 9.17) is 0 Å². The quantitative estimate of drug-likeness (QED) is 0.0952. The van der Waals surface area contributed by atoms with Gasteiger partial charge in [0.1, 0.15) is 0 Å². The molecular formula is C146H176. The van der Waals surface area contributed by atoms with Gasteiger partial charge in [0.15, 0.2) is 0 Å². The van der Waals surface area contributed by atoms with E-state index >= 15 is 0 Å². The highest BCUT2D eigenvalue weighted by atomic mass is 14.2. The van der Waals surface area contributed by atoms with Gasteiger partial charge in [-0.1, -0.05) is 551 Å². The first-order valence-electron chi connectivity index (χ1n) is 55.3. The number of hydrogen-bond acceptors (Lipinski definition) is 0. The number of hydrogen-bond donors (Lipinski definition) is 0. The Bertz CT molecular complexity index is 7150. The standard InChI is InChI=1S/3C20H22.4C16H20.C14H10.2C4H10/c1-13(2)15-5-7-17-12-20-10-16(14(3)4)6-8-18(20)11-19(17)9-15;1-13(2)17-9-5-7-15-12-20-16(11-19(15)17)8-6-10-18(20)14(3)4;1-13(2)19-15-9-5-7-11-17(15)20(14(3)4)18-12-8-6-10-16(18)19;1-11(2)14-7-5-13-6-8-15(12(3)4)10-16(13)9-14;1-11(2)13-8-9-16-14(10-13)6-5-7-15(16)12(3)4;1-11(2)14-9-13-7-5-6-8-15(13)16(10-14)12(3)4;1-11(2)13-9-10-14(12(3)4)16-8-6-5-7-15(13)16;1-2-6-12-10-14-8-4-3-7-13(14)9-11(12)5-1;2*1-4(2)3/h3*5-14H,1-4H3;4*5-12H,1-4H3;1-10H;2*4H,1-3H3. The largest absolute Gasteiger partial charge is 0.0630 e. The summed E-state index contributed by atoms with van der Waals surface area (Å²) in [6.45, 7) is 76.3. The van der Waals surface area contributed by atoms with Crippen LogP contribution in [0, 0.1) is 11.8 Å². The van der Waals surface area contributed by atoms with Gasteiger partial charge >= 0.3 is 0 Å². The van der Waals surface area contributed by atoms with Gasteiger partial charge in [0.05, 0.1) is 0 Å². The Morgan fingerprint density at radius 3 is 0.589 bits per heavy atom. The molecule has 0 heterocycles. The van der Waals surface area contributed by atoms with Crippen molar-refractivity contribution in [3.63, 3.8) is 0 Å². The highest BCUT2D eigenvalue weighted by Crippen LogP contribution is 2.43. The zero-order valence-corrected chi connectivity index (χ0v) is 95.7.